The van der Waals surface area contributed by atoms with Crippen LogP contribution in [0.15, 0.2) is 5.38 Å². The average Bonchev–Trinajstić information content (AvgIpc) is 2.30. The Balaban J connectivity index is 2.44. The fourth-order valence-corrected chi connectivity index (χ4v) is 1.43. The van der Waals surface area contributed by atoms with Crippen molar-refractivity contribution in [3.05, 3.63) is 11.1 Å². The van der Waals surface area contributed by atoms with E-state index >= 15 is 0 Å². The largest absolute Gasteiger partial charge is 0.360 e. The van der Waals surface area contributed by atoms with Crippen LogP contribution in [0.4, 0.5) is 5.13 Å². The molecule has 1 aromatic rings. The molecule has 0 radical (unpaired) electrons. The summed E-state index contributed by atoms with van der Waals surface area (Å²) < 4.78 is 0. The van der Waals surface area contributed by atoms with Crippen LogP contribution in [0.2, 0.25) is 0 Å². The number of aromatic nitrogens is 1. The van der Waals surface area contributed by atoms with E-state index in [0.717, 1.165) is 17.4 Å². The summed E-state index contributed by atoms with van der Waals surface area (Å²) in [6.45, 7) is 6.70. The molecule has 3 N–H and O–H groups in total. The zero-order chi connectivity index (χ0) is 9.19. The third-order valence-corrected chi connectivity index (χ3v) is 2.23. The normalized spacial score (nSPS) is 11.7. The Morgan fingerprint density at radius 2 is 2.33 bits per heavy atom. The first-order valence-corrected chi connectivity index (χ1v) is 4.80. The molecule has 0 saturated carbocycles. The van der Waals surface area contributed by atoms with E-state index in [1.54, 1.807) is 11.3 Å². The Hall–Kier alpha value is -0.610. The summed E-state index contributed by atoms with van der Waals surface area (Å²) in [4.78, 5) is 4.27. The van der Waals surface area contributed by atoms with Crippen molar-refractivity contribution in [2.75, 3.05) is 11.9 Å². The zero-order valence-corrected chi connectivity index (χ0v) is 8.53. The third kappa shape index (κ3) is 3.19. The van der Waals surface area contributed by atoms with Crippen molar-refractivity contribution in [2.45, 2.75) is 26.3 Å². The van der Waals surface area contributed by atoms with E-state index < -0.39 is 0 Å². The van der Waals surface area contributed by atoms with Crippen LogP contribution in [0.5, 0.6) is 0 Å². The number of aryl methyl sites for hydroxylation is 1. The van der Waals surface area contributed by atoms with Crippen molar-refractivity contribution < 1.29 is 0 Å². The minimum absolute atomic E-state index is 0.181. The van der Waals surface area contributed by atoms with Crippen LogP contribution in [-0.4, -0.2) is 17.1 Å². The molecular formula is C8H15N3S. The van der Waals surface area contributed by atoms with Crippen molar-refractivity contribution >= 4 is 16.5 Å². The molecule has 1 heterocycles. The van der Waals surface area contributed by atoms with Crippen LogP contribution >= 0.6 is 11.3 Å². The third-order valence-electron chi connectivity index (χ3n) is 1.31. The molecule has 0 unspecified atom stereocenters. The van der Waals surface area contributed by atoms with Gasteiger partial charge in [-0.3, -0.25) is 0 Å². The average molecular weight is 185 g/mol. The fourth-order valence-electron chi connectivity index (χ4n) is 0.739. The van der Waals surface area contributed by atoms with Crippen LogP contribution in [0.1, 0.15) is 19.5 Å². The molecule has 0 aliphatic heterocycles. The molecule has 1 rings (SSSR count). The molecule has 4 heteroatoms. The van der Waals surface area contributed by atoms with Gasteiger partial charge in [0.15, 0.2) is 5.13 Å². The van der Waals surface area contributed by atoms with Crippen molar-refractivity contribution in [3.63, 3.8) is 0 Å². The fraction of sp³-hybridized carbons (Fsp3) is 0.625. The van der Waals surface area contributed by atoms with Crippen LogP contribution in [-0.2, 0) is 0 Å². The lowest BCUT2D eigenvalue weighted by atomic mass is 10.1. The Bertz CT molecular complexity index is 249. The smallest absolute Gasteiger partial charge is 0.182 e. The molecule has 0 fully saturated rings. The summed E-state index contributed by atoms with van der Waals surface area (Å²) in [6.07, 6.45) is 0. The molecule has 0 aromatic carbocycles. The van der Waals surface area contributed by atoms with Gasteiger partial charge in [0.05, 0.1) is 5.69 Å². The molecule has 0 aliphatic rings. The molecule has 0 bridgehead atoms. The number of nitrogens with zero attached hydrogens (tertiary/aromatic N) is 1. The highest BCUT2D eigenvalue weighted by atomic mass is 32.1. The lowest BCUT2D eigenvalue weighted by Gasteiger charge is -2.18. The minimum atomic E-state index is -0.181. The first kappa shape index (κ1) is 9.48. The SMILES string of the molecule is Cc1csc(NCC(C)(C)N)n1. The topological polar surface area (TPSA) is 50.9 Å². The lowest BCUT2D eigenvalue weighted by Crippen LogP contribution is -2.39. The number of hydrogen-bond acceptors (Lipinski definition) is 4. The zero-order valence-electron chi connectivity index (χ0n) is 7.72. The quantitative estimate of drug-likeness (QED) is 0.752. The van der Waals surface area contributed by atoms with Gasteiger partial charge in [0, 0.05) is 17.5 Å². The number of rotatable bonds is 3. The summed E-state index contributed by atoms with van der Waals surface area (Å²) in [7, 11) is 0. The van der Waals surface area contributed by atoms with Crippen molar-refractivity contribution in [1.29, 1.82) is 0 Å². The van der Waals surface area contributed by atoms with Gasteiger partial charge in [-0.15, -0.1) is 11.3 Å². The van der Waals surface area contributed by atoms with Gasteiger partial charge in [0.1, 0.15) is 0 Å². The van der Waals surface area contributed by atoms with Crippen molar-refractivity contribution in [1.82, 2.24) is 4.98 Å². The highest BCUT2D eigenvalue weighted by Gasteiger charge is 2.10. The second-order valence-electron chi connectivity index (χ2n) is 3.64. The lowest BCUT2D eigenvalue weighted by molar-refractivity contribution is 0.549. The van der Waals surface area contributed by atoms with Crippen LogP contribution in [0.3, 0.4) is 0 Å². The summed E-state index contributed by atoms with van der Waals surface area (Å²) in [6, 6.07) is 0. The Morgan fingerprint density at radius 1 is 1.67 bits per heavy atom. The number of nitrogens with two attached hydrogens (primary N) is 1. The van der Waals surface area contributed by atoms with E-state index in [2.05, 4.69) is 10.3 Å². The Morgan fingerprint density at radius 3 is 2.75 bits per heavy atom. The van der Waals surface area contributed by atoms with E-state index in [-0.39, 0.29) is 5.54 Å². The van der Waals surface area contributed by atoms with Crippen molar-refractivity contribution in [3.8, 4) is 0 Å². The molecule has 12 heavy (non-hydrogen) atoms. The van der Waals surface area contributed by atoms with E-state index in [1.165, 1.54) is 0 Å². The van der Waals surface area contributed by atoms with Gasteiger partial charge >= 0.3 is 0 Å². The predicted molar refractivity (Wildman–Crippen MR) is 53.6 cm³/mol. The van der Waals surface area contributed by atoms with Crippen LogP contribution in [0, 0.1) is 6.92 Å². The van der Waals surface area contributed by atoms with Gasteiger partial charge in [-0.25, -0.2) is 4.98 Å². The maximum absolute atomic E-state index is 5.80. The summed E-state index contributed by atoms with van der Waals surface area (Å²) in [5.74, 6) is 0. The second-order valence-corrected chi connectivity index (χ2v) is 4.49. The Kier molecular flexibility index (Phi) is 2.69. The van der Waals surface area contributed by atoms with E-state index in [0.29, 0.717) is 0 Å². The van der Waals surface area contributed by atoms with Crippen molar-refractivity contribution in [2.24, 2.45) is 5.73 Å². The summed E-state index contributed by atoms with van der Waals surface area (Å²) in [5, 5.41) is 6.16. The molecule has 0 atom stereocenters. The highest BCUT2D eigenvalue weighted by Crippen LogP contribution is 2.14. The van der Waals surface area contributed by atoms with E-state index in [1.807, 2.05) is 26.2 Å². The van der Waals surface area contributed by atoms with E-state index in [4.69, 9.17) is 5.73 Å². The van der Waals surface area contributed by atoms with E-state index in [9.17, 15) is 0 Å². The molecule has 0 saturated heterocycles. The number of nitrogens with one attached hydrogen (secondary N) is 1. The number of anilines is 1. The maximum Gasteiger partial charge on any atom is 0.182 e. The molecular weight excluding hydrogens is 170 g/mol. The van der Waals surface area contributed by atoms with Gasteiger partial charge in [-0.2, -0.15) is 0 Å². The molecule has 0 amide bonds. The van der Waals surface area contributed by atoms with Gasteiger partial charge in [-0.05, 0) is 20.8 Å². The van der Waals surface area contributed by atoms with Gasteiger partial charge in [0.25, 0.3) is 0 Å². The molecule has 1 aromatic heterocycles. The number of thiazole rings is 1. The van der Waals surface area contributed by atoms with Gasteiger partial charge in [0.2, 0.25) is 0 Å². The summed E-state index contributed by atoms with van der Waals surface area (Å²) >= 11 is 1.61. The second kappa shape index (κ2) is 3.41. The highest BCUT2D eigenvalue weighted by molar-refractivity contribution is 7.13. The monoisotopic (exact) mass is 185 g/mol. The number of hydrogen-bond donors (Lipinski definition) is 2. The molecule has 3 nitrogen and oxygen atoms in total. The predicted octanol–water partition coefficient (Wildman–Crippen LogP) is 1.60. The molecule has 0 aliphatic carbocycles. The van der Waals surface area contributed by atoms with Gasteiger partial charge in [-0.1, -0.05) is 0 Å². The summed E-state index contributed by atoms with van der Waals surface area (Å²) in [5.41, 5.74) is 6.68. The standard InChI is InChI=1S/C8H15N3S/c1-6-4-12-7(11-6)10-5-8(2,3)9/h4H,5,9H2,1-3H3,(H,10,11). The molecule has 0 spiro atoms. The van der Waals surface area contributed by atoms with Crippen LogP contribution < -0.4 is 11.1 Å². The minimum Gasteiger partial charge on any atom is -0.360 e. The first-order chi connectivity index (χ1) is 5.47. The maximum atomic E-state index is 5.80. The Labute approximate surface area is 77.0 Å². The molecule has 68 valence electrons. The van der Waals surface area contributed by atoms with Gasteiger partial charge < -0.3 is 11.1 Å². The van der Waals surface area contributed by atoms with Crippen LogP contribution in [0.25, 0.3) is 0 Å². The first-order valence-electron chi connectivity index (χ1n) is 3.92.